The van der Waals surface area contributed by atoms with Crippen molar-refractivity contribution in [1.29, 1.82) is 0 Å². The highest BCUT2D eigenvalue weighted by Gasteiger charge is 2.39. The van der Waals surface area contributed by atoms with E-state index < -0.39 is 11.7 Å². The highest BCUT2D eigenvalue weighted by Crippen LogP contribution is 2.41. The van der Waals surface area contributed by atoms with Gasteiger partial charge in [0.2, 0.25) is 0 Å². The normalized spacial score (nSPS) is 16.3. The van der Waals surface area contributed by atoms with E-state index in [0.717, 1.165) is 35.1 Å². The maximum atomic E-state index is 11.0. The van der Waals surface area contributed by atoms with Crippen molar-refractivity contribution in [3.63, 3.8) is 0 Å². The molecule has 0 spiro atoms. The van der Waals surface area contributed by atoms with E-state index in [-0.39, 0.29) is 41.8 Å². The van der Waals surface area contributed by atoms with E-state index in [1.807, 2.05) is 13.0 Å². The van der Waals surface area contributed by atoms with E-state index in [1.54, 1.807) is 0 Å². The minimum atomic E-state index is -0.748. The van der Waals surface area contributed by atoms with Crippen molar-refractivity contribution in [1.82, 2.24) is 0 Å². The molecule has 292 valence electrons. The Balaban J connectivity index is 1.35. The molecule has 0 amide bonds. The van der Waals surface area contributed by atoms with E-state index in [2.05, 4.69) is 180 Å². The van der Waals surface area contributed by atoms with E-state index in [1.165, 1.54) is 5.56 Å². The molecule has 1 N–H and O–H groups in total. The fourth-order valence-corrected chi connectivity index (χ4v) is 8.58. The van der Waals surface area contributed by atoms with Crippen molar-refractivity contribution >= 4 is 0 Å². The molecular weight excluding hydrogens is 677 g/mol. The van der Waals surface area contributed by atoms with Gasteiger partial charge in [0, 0.05) is 5.92 Å². The second kappa shape index (κ2) is 21.3. The van der Waals surface area contributed by atoms with Crippen LogP contribution in [0.15, 0.2) is 152 Å². The Morgan fingerprint density at radius 2 is 0.855 bits per heavy atom. The molecule has 0 fully saturated rings. The van der Waals surface area contributed by atoms with Crippen LogP contribution in [0.5, 0.6) is 0 Å². The maximum Gasteiger partial charge on any atom is 0.143 e. The fraction of sp³-hybridized carbons (Fsp3) is 0.412. The first-order chi connectivity index (χ1) is 26.7. The number of aliphatic hydroxyl groups excluding tert-OH is 1. The molecule has 5 aromatic carbocycles. The highest BCUT2D eigenvalue weighted by atomic mass is 16.5. The molecular formula is C51H64O4. The summed E-state index contributed by atoms with van der Waals surface area (Å²) in [6, 6.07) is 52.7. The number of benzene rings is 5. The first kappa shape index (κ1) is 42.1. The van der Waals surface area contributed by atoms with Gasteiger partial charge in [0.25, 0.3) is 0 Å². The van der Waals surface area contributed by atoms with Crippen molar-refractivity contribution in [2.75, 3.05) is 6.61 Å². The van der Waals surface area contributed by atoms with Gasteiger partial charge in [-0.05, 0) is 70.8 Å². The van der Waals surface area contributed by atoms with Crippen molar-refractivity contribution in [2.24, 2.45) is 29.6 Å². The van der Waals surface area contributed by atoms with Gasteiger partial charge in [-0.25, -0.2) is 0 Å². The SMILES string of the molecule is CC[C@@H](O)[C@@H](C)[C@@H](OCc1ccccc1)[C@H](C)C[C@@H](C)[C@@H](OCc1ccccc1)[C@H](C)C[C@@H](C)COC(c1ccccc1)(c1ccccc1)c1ccccc1. The quantitative estimate of drug-likeness (QED) is 0.0718. The van der Waals surface area contributed by atoms with E-state index in [4.69, 9.17) is 14.2 Å². The van der Waals surface area contributed by atoms with E-state index in [9.17, 15) is 5.11 Å². The third-order valence-electron chi connectivity index (χ3n) is 11.4. The molecule has 0 heterocycles. The van der Waals surface area contributed by atoms with Crippen LogP contribution in [0.2, 0.25) is 0 Å². The summed E-state index contributed by atoms with van der Waals surface area (Å²) in [5, 5.41) is 11.0. The van der Waals surface area contributed by atoms with Crippen molar-refractivity contribution < 1.29 is 19.3 Å². The van der Waals surface area contributed by atoms with Crippen LogP contribution in [0.25, 0.3) is 0 Å². The number of ether oxygens (including phenoxy) is 3. The van der Waals surface area contributed by atoms with Gasteiger partial charge in [0.15, 0.2) is 0 Å². The standard InChI is InChI=1S/C51H64O4/c1-7-48(52)42(6)50(54-37-44-25-15-9-16-26-44)41(5)34-40(4)49(53-36-43-23-13-8-14-24-43)39(3)33-38(2)35-55-51(45-27-17-10-18-28-45,46-29-19-11-20-30-46)47-31-21-12-22-32-47/h8-32,38-42,48-50,52H,7,33-37H2,1-6H3/t38-,39-,40-,41-,42-,48-,49+,50+/m1/s1. The molecule has 0 aliphatic carbocycles. The second-order valence-electron chi connectivity index (χ2n) is 16.0. The zero-order valence-corrected chi connectivity index (χ0v) is 34.0. The Morgan fingerprint density at radius 3 is 1.27 bits per heavy atom. The van der Waals surface area contributed by atoms with Gasteiger partial charge in [0.05, 0.1) is 38.1 Å². The largest absolute Gasteiger partial charge is 0.393 e. The van der Waals surface area contributed by atoms with Gasteiger partial charge < -0.3 is 19.3 Å². The molecule has 0 saturated carbocycles. The zero-order valence-electron chi connectivity index (χ0n) is 34.0. The summed E-state index contributed by atoms with van der Waals surface area (Å²) in [6.45, 7) is 15.2. The summed E-state index contributed by atoms with van der Waals surface area (Å²) in [5.41, 5.74) is 4.93. The Bertz CT molecular complexity index is 1650. The third-order valence-corrected chi connectivity index (χ3v) is 11.4. The minimum absolute atomic E-state index is 0.00769. The lowest BCUT2D eigenvalue weighted by Crippen LogP contribution is -2.39. The summed E-state index contributed by atoms with van der Waals surface area (Å²) >= 11 is 0. The van der Waals surface area contributed by atoms with Crippen LogP contribution in [-0.4, -0.2) is 30.0 Å². The molecule has 0 radical (unpaired) electrons. The highest BCUT2D eigenvalue weighted by molar-refractivity contribution is 5.47. The van der Waals surface area contributed by atoms with Gasteiger partial charge in [0.1, 0.15) is 5.60 Å². The summed E-state index contributed by atoms with van der Waals surface area (Å²) in [6.07, 6.45) is 2.09. The second-order valence-corrected chi connectivity index (χ2v) is 16.0. The lowest BCUT2D eigenvalue weighted by molar-refractivity contribution is -0.0834. The van der Waals surface area contributed by atoms with Crippen LogP contribution in [0.4, 0.5) is 0 Å². The topological polar surface area (TPSA) is 47.9 Å². The van der Waals surface area contributed by atoms with Crippen LogP contribution < -0.4 is 0 Å². The van der Waals surface area contributed by atoms with Crippen molar-refractivity contribution in [3.8, 4) is 0 Å². The Labute approximate surface area is 331 Å². The summed E-state index contributed by atoms with van der Waals surface area (Å²) < 4.78 is 20.8. The molecule has 8 atom stereocenters. The van der Waals surface area contributed by atoms with Crippen molar-refractivity contribution in [3.05, 3.63) is 179 Å². The fourth-order valence-electron chi connectivity index (χ4n) is 8.58. The molecule has 5 rings (SSSR count). The first-order valence-electron chi connectivity index (χ1n) is 20.5. The smallest absolute Gasteiger partial charge is 0.143 e. The van der Waals surface area contributed by atoms with Gasteiger partial charge in [-0.3, -0.25) is 0 Å². The molecule has 0 aliphatic rings. The van der Waals surface area contributed by atoms with Gasteiger partial charge in [-0.15, -0.1) is 0 Å². The van der Waals surface area contributed by atoms with E-state index >= 15 is 0 Å². The summed E-state index contributed by atoms with van der Waals surface area (Å²) in [7, 11) is 0. The van der Waals surface area contributed by atoms with Gasteiger partial charge in [-0.2, -0.15) is 0 Å². The molecule has 0 unspecified atom stereocenters. The third kappa shape index (κ3) is 11.5. The Kier molecular flexibility index (Phi) is 16.3. The molecule has 4 nitrogen and oxygen atoms in total. The zero-order chi connectivity index (χ0) is 39.0. The lowest BCUT2D eigenvalue weighted by atomic mass is 9.78. The molecule has 5 aromatic rings. The number of hydrogen-bond donors (Lipinski definition) is 1. The average Bonchev–Trinajstić information content (AvgIpc) is 3.22. The van der Waals surface area contributed by atoms with Gasteiger partial charge >= 0.3 is 0 Å². The van der Waals surface area contributed by atoms with Crippen LogP contribution in [0, 0.1) is 29.6 Å². The van der Waals surface area contributed by atoms with Crippen LogP contribution >= 0.6 is 0 Å². The number of aliphatic hydroxyl groups is 1. The number of rotatable bonds is 22. The Hall–Kier alpha value is -4.06. The molecule has 4 heteroatoms. The number of hydrogen-bond acceptors (Lipinski definition) is 4. The minimum Gasteiger partial charge on any atom is -0.393 e. The predicted molar refractivity (Wildman–Crippen MR) is 227 cm³/mol. The summed E-state index contributed by atoms with van der Waals surface area (Å²) in [4.78, 5) is 0. The first-order valence-corrected chi connectivity index (χ1v) is 20.5. The lowest BCUT2D eigenvalue weighted by Gasteiger charge is -2.38. The van der Waals surface area contributed by atoms with Crippen LogP contribution in [-0.2, 0) is 33.0 Å². The molecule has 0 aromatic heterocycles. The summed E-state index contributed by atoms with van der Waals surface area (Å²) in [5.74, 6) is 1.01. The Morgan fingerprint density at radius 1 is 0.491 bits per heavy atom. The average molecular weight is 741 g/mol. The molecule has 0 bridgehead atoms. The predicted octanol–water partition coefficient (Wildman–Crippen LogP) is 11.9. The van der Waals surface area contributed by atoms with Crippen LogP contribution in [0.1, 0.15) is 88.6 Å². The molecule has 55 heavy (non-hydrogen) atoms. The maximum absolute atomic E-state index is 11.0. The molecule has 0 saturated heterocycles. The van der Waals surface area contributed by atoms with E-state index in [0.29, 0.717) is 26.2 Å². The monoisotopic (exact) mass is 740 g/mol. The van der Waals surface area contributed by atoms with Crippen LogP contribution in [0.3, 0.4) is 0 Å². The van der Waals surface area contributed by atoms with Gasteiger partial charge in [-0.1, -0.05) is 193 Å². The molecule has 0 aliphatic heterocycles. The van der Waals surface area contributed by atoms with Crippen molar-refractivity contribution in [2.45, 2.75) is 97.9 Å².